The third-order valence-electron chi connectivity index (χ3n) is 5.13. The number of phosphoric acid groups is 1. The minimum atomic E-state index is -4.54. The van der Waals surface area contributed by atoms with Crippen molar-refractivity contribution in [1.29, 1.82) is 0 Å². The Bertz CT molecular complexity index is 1180. The van der Waals surface area contributed by atoms with Crippen LogP contribution in [0.1, 0.15) is 12.5 Å². The van der Waals surface area contributed by atoms with Crippen molar-refractivity contribution in [2.24, 2.45) is 11.8 Å². The molecular formula is C17H19FN5O6P. The molecule has 0 spiro atoms. The third kappa shape index (κ3) is 3.94. The summed E-state index contributed by atoms with van der Waals surface area (Å²) >= 11 is 0. The second-order valence-corrected chi connectivity index (χ2v) is 8.38. The van der Waals surface area contributed by atoms with Crippen LogP contribution < -0.4 is 15.8 Å². The minimum absolute atomic E-state index is 0.0663. The maximum Gasteiger partial charge on any atom is 0.527 e. The number of anilines is 1. The first-order chi connectivity index (χ1) is 14.3. The van der Waals surface area contributed by atoms with Crippen molar-refractivity contribution in [3.8, 4) is 5.75 Å². The number of aromatic nitrogens is 4. The standard InChI is InChI=1S/C17H19FN5O6P/c18-10-2-1-3-11(5-10)29-30(26,27)28-7-12-9(6-24)4-13(12)23-8-20-14-15(23)21-17(19)22-16(14)25/h1-3,5,8-9,12-13,24H,4,6-7H2,(H,26,27)(H3,19,21,22,25). The molecule has 2 heterocycles. The number of hydrogen-bond acceptors (Lipinski definition) is 8. The summed E-state index contributed by atoms with van der Waals surface area (Å²) in [5.41, 5.74) is 5.51. The van der Waals surface area contributed by atoms with E-state index < -0.39 is 19.2 Å². The summed E-state index contributed by atoms with van der Waals surface area (Å²) in [6.45, 7) is -0.384. The summed E-state index contributed by atoms with van der Waals surface area (Å²) in [5.74, 6) is -1.43. The predicted octanol–water partition coefficient (Wildman–Crippen LogP) is 1.21. The molecule has 0 saturated heterocycles. The van der Waals surface area contributed by atoms with Crippen molar-refractivity contribution in [3.63, 3.8) is 0 Å². The summed E-state index contributed by atoms with van der Waals surface area (Å²) in [7, 11) is -4.54. The summed E-state index contributed by atoms with van der Waals surface area (Å²) < 4.78 is 37.1. The molecule has 30 heavy (non-hydrogen) atoms. The van der Waals surface area contributed by atoms with Crippen molar-refractivity contribution >= 4 is 24.9 Å². The summed E-state index contributed by atoms with van der Waals surface area (Å²) in [6.07, 6.45) is 1.95. The summed E-state index contributed by atoms with van der Waals surface area (Å²) in [4.78, 5) is 32.5. The van der Waals surface area contributed by atoms with Crippen LogP contribution in [-0.2, 0) is 9.09 Å². The number of fused-ring (bicyclic) bond motifs is 1. The van der Waals surface area contributed by atoms with Gasteiger partial charge in [0.05, 0.1) is 12.9 Å². The third-order valence-corrected chi connectivity index (χ3v) is 6.05. The molecule has 4 atom stereocenters. The molecule has 11 nitrogen and oxygen atoms in total. The Kier molecular flexibility index (Phi) is 5.33. The number of nitrogens with zero attached hydrogens (tertiary/aromatic N) is 3. The van der Waals surface area contributed by atoms with Gasteiger partial charge in [0.15, 0.2) is 11.2 Å². The molecule has 4 unspecified atom stereocenters. The Morgan fingerprint density at radius 3 is 2.97 bits per heavy atom. The van der Waals surface area contributed by atoms with Gasteiger partial charge in [-0.3, -0.25) is 19.2 Å². The van der Waals surface area contributed by atoms with E-state index >= 15 is 0 Å². The zero-order chi connectivity index (χ0) is 21.5. The van der Waals surface area contributed by atoms with Crippen LogP contribution in [0, 0.1) is 17.7 Å². The van der Waals surface area contributed by atoms with Crippen LogP contribution in [-0.4, -0.2) is 42.7 Å². The van der Waals surface area contributed by atoms with E-state index in [2.05, 4.69) is 15.0 Å². The SMILES string of the molecule is Nc1nc2c(ncn2C2CC(CO)C2COP(=O)(O)Oc2cccc(F)c2)c(=O)[nH]1. The quantitative estimate of drug-likeness (QED) is 0.396. The smallest absolute Gasteiger partial charge is 0.404 e. The van der Waals surface area contributed by atoms with Gasteiger partial charge >= 0.3 is 7.82 Å². The van der Waals surface area contributed by atoms with Crippen LogP contribution >= 0.6 is 7.82 Å². The van der Waals surface area contributed by atoms with Gasteiger partial charge in [0.25, 0.3) is 5.56 Å². The minimum Gasteiger partial charge on any atom is -0.404 e. The van der Waals surface area contributed by atoms with E-state index in [1.54, 1.807) is 4.57 Å². The number of phosphoric ester groups is 1. The highest BCUT2D eigenvalue weighted by Crippen LogP contribution is 2.50. The van der Waals surface area contributed by atoms with Gasteiger partial charge in [0.1, 0.15) is 11.6 Å². The highest BCUT2D eigenvalue weighted by Gasteiger charge is 2.44. The Labute approximate surface area is 168 Å². The topological polar surface area (TPSA) is 166 Å². The molecular weight excluding hydrogens is 420 g/mol. The van der Waals surface area contributed by atoms with E-state index in [4.69, 9.17) is 14.8 Å². The Hall–Kier alpha value is -2.79. The van der Waals surface area contributed by atoms with Gasteiger partial charge in [-0.2, -0.15) is 4.98 Å². The number of rotatable bonds is 7. The second kappa shape index (κ2) is 7.80. The van der Waals surface area contributed by atoms with Crippen molar-refractivity contribution < 1.29 is 28.0 Å². The van der Waals surface area contributed by atoms with E-state index in [1.807, 2.05) is 0 Å². The molecule has 5 N–H and O–H groups in total. The Morgan fingerprint density at radius 2 is 2.23 bits per heavy atom. The highest BCUT2D eigenvalue weighted by atomic mass is 31.2. The maximum atomic E-state index is 13.2. The average Bonchev–Trinajstić information content (AvgIpc) is 3.04. The van der Waals surface area contributed by atoms with E-state index in [-0.39, 0.29) is 54.0 Å². The first kappa shape index (κ1) is 20.5. The predicted molar refractivity (Wildman–Crippen MR) is 103 cm³/mol. The Morgan fingerprint density at radius 1 is 1.43 bits per heavy atom. The van der Waals surface area contributed by atoms with Crippen molar-refractivity contribution in [3.05, 3.63) is 46.8 Å². The molecule has 1 aliphatic rings. The summed E-state index contributed by atoms with van der Waals surface area (Å²) in [5, 5.41) is 9.59. The molecule has 1 saturated carbocycles. The van der Waals surface area contributed by atoms with Crippen molar-refractivity contribution in [2.45, 2.75) is 12.5 Å². The van der Waals surface area contributed by atoms with E-state index in [1.165, 1.54) is 24.5 Å². The summed E-state index contributed by atoms with van der Waals surface area (Å²) in [6, 6.07) is 4.49. The molecule has 3 aromatic rings. The van der Waals surface area contributed by atoms with Gasteiger partial charge in [-0.1, -0.05) is 6.07 Å². The molecule has 13 heteroatoms. The van der Waals surface area contributed by atoms with Crippen LogP contribution in [0.5, 0.6) is 5.75 Å². The van der Waals surface area contributed by atoms with Crippen molar-refractivity contribution in [2.75, 3.05) is 18.9 Å². The van der Waals surface area contributed by atoms with E-state index in [0.717, 1.165) is 6.07 Å². The fourth-order valence-electron chi connectivity index (χ4n) is 3.60. The van der Waals surface area contributed by atoms with Crippen LogP contribution in [0.15, 0.2) is 35.4 Å². The number of imidazole rings is 1. The molecule has 0 aliphatic heterocycles. The molecule has 1 fully saturated rings. The van der Waals surface area contributed by atoms with Gasteiger partial charge in [-0.25, -0.2) is 13.9 Å². The second-order valence-electron chi connectivity index (χ2n) is 7.00. The van der Waals surface area contributed by atoms with Gasteiger partial charge < -0.3 is 19.9 Å². The number of nitrogens with one attached hydrogen (secondary N) is 1. The molecule has 160 valence electrons. The fraction of sp³-hybridized carbons (Fsp3) is 0.353. The van der Waals surface area contributed by atoms with Crippen LogP contribution in [0.3, 0.4) is 0 Å². The number of aromatic amines is 1. The largest absolute Gasteiger partial charge is 0.527 e. The van der Waals surface area contributed by atoms with Crippen LogP contribution in [0.25, 0.3) is 11.2 Å². The number of benzene rings is 1. The lowest BCUT2D eigenvalue weighted by atomic mass is 9.70. The fourth-order valence-corrected chi connectivity index (χ4v) is 4.40. The maximum absolute atomic E-state index is 13.2. The van der Waals surface area contributed by atoms with Gasteiger partial charge in [0.2, 0.25) is 5.95 Å². The molecule has 0 radical (unpaired) electrons. The molecule has 2 aromatic heterocycles. The lowest BCUT2D eigenvalue weighted by molar-refractivity contribution is -0.00476. The lowest BCUT2D eigenvalue weighted by Crippen LogP contribution is -2.43. The molecule has 0 bridgehead atoms. The van der Waals surface area contributed by atoms with Crippen LogP contribution in [0.4, 0.5) is 10.3 Å². The van der Waals surface area contributed by atoms with E-state index in [0.29, 0.717) is 6.42 Å². The van der Waals surface area contributed by atoms with Crippen molar-refractivity contribution in [1.82, 2.24) is 19.5 Å². The normalized spacial score (nSPS) is 23.1. The first-order valence-corrected chi connectivity index (χ1v) is 10.5. The molecule has 1 aromatic carbocycles. The number of H-pyrrole nitrogens is 1. The number of nitrogens with two attached hydrogens (primary N) is 1. The van der Waals surface area contributed by atoms with Gasteiger partial charge in [0, 0.05) is 24.6 Å². The van der Waals surface area contributed by atoms with Crippen LogP contribution in [0.2, 0.25) is 0 Å². The highest BCUT2D eigenvalue weighted by molar-refractivity contribution is 7.47. The average molecular weight is 439 g/mol. The first-order valence-electron chi connectivity index (χ1n) is 9.03. The Balaban J connectivity index is 1.51. The molecule has 1 aliphatic carbocycles. The zero-order valence-electron chi connectivity index (χ0n) is 15.5. The van der Waals surface area contributed by atoms with Gasteiger partial charge in [-0.15, -0.1) is 0 Å². The molecule has 0 amide bonds. The number of hydrogen-bond donors (Lipinski definition) is 4. The molecule has 4 rings (SSSR count). The number of aliphatic hydroxyl groups is 1. The monoisotopic (exact) mass is 439 g/mol. The van der Waals surface area contributed by atoms with Gasteiger partial charge in [-0.05, 0) is 24.5 Å². The number of halogens is 1. The van der Waals surface area contributed by atoms with E-state index in [9.17, 15) is 23.7 Å². The number of nitrogen functional groups attached to an aromatic ring is 1. The number of aliphatic hydroxyl groups excluding tert-OH is 1. The lowest BCUT2D eigenvalue weighted by Gasteiger charge is -2.44. The zero-order valence-corrected chi connectivity index (χ0v) is 16.4.